The van der Waals surface area contributed by atoms with Crippen LogP contribution in [0.4, 0.5) is 15.3 Å². The SMILES string of the molecule is C[C@H]1CCCN([C@@H](C)CNC(=O)Nc2cccc(CN3CCOC3=O)c2)C1. The molecule has 7 heteroatoms. The van der Waals surface area contributed by atoms with Crippen LogP contribution in [0.2, 0.25) is 0 Å². The van der Waals surface area contributed by atoms with Crippen LogP contribution in [0.5, 0.6) is 0 Å². The first-order valence-electron chi connectivity index (χ1n) is 9.81. The van der Waals surface area contributed by atoms with Crippen LogP contribution in [0.25, 0.3) is 0 Å². The first-order valence-corrected chi connectivity index (χ1v) is 9.81. The van der Waals surface area contributed by atoms with Crippen molar-refractivity contribution in [1.29, 1.82) is 0 Å². The molecule has 0 bridgehead atoms. The van der Waals surface area contributed by atoms with Crippen LogP contribution in [0, 0.1) is 5.92 Å². The third-order valence-corrected chi connectivity index (χ3v) is 5.27. The molecule has 2 fully saturated rings. The molecule has 2 aliphatic heterocycles. The Morgan fingerprint density at radius 2 is 2.22 bits per heavy atom. The number of carbonyl (C=O) groups is 2. The zero-order valence-electron chi connectivity index (χ0n) is 16.2. The first kappa shape index (κ1) is 19.5. The summed E-state index contributed by atoms with van der Waals surface area (Å²) in [5.41, 5.74) is 1.68. The third-order valence-electron chi connectivity index (χ3n) is 5.27. The minimum atomic E-state index is -0.285. The fourth-order valence-corrected chi connectivity index (χ4v) is 3.71. The Morgan fingerprint density at radius 3 is 2.96 bits per heavy atom. The Bertz CT molecular complexity index is 666. The van der Waals surface area contributed by atoms with Crippen molar-refractivity contribution in [2.45, 2.75) is 39.3 Å². The lowest BCUT2D eigenvalue weighted by molar-refractivity contribution is 0.138. The molecule has 27 heavy (non-hydrogen) atoms. The van der Waals surface area contributed by atoms with Gasteiger partial charge >= 0.3 is 12.1 Å². The fourth-order valence-electron chi connectivity index (χ4n) is 3.71. The second-order valence-electron chi connectivity index (χ2n) is 7.66. The highest BCUT2D eigenvalue weighted by Crippen LogP contribution is 2.18. The number of likely N-dealkylation sites (tertiary alicyclic amines) is 1. The first-order chi connectivity index (χ1) is 13.0. The minimum Gasteiger partial charge on any atom is -0.448 e. The molecule has 2 saturated heterocycles. The summed E-state index contributed by atoms with van der Waals surface area (Å²) in [5, 5.41) is 5.85. The topological polar surface area (TPSA) is 73.9 Å². The number of benzene rings is 1. The fraction of sp³-hybridized carbons (Fsp3) is 0.600. The van der Waals surface area contributed by atoms with Gasteiger partial charge in [0, 0.05) is 31.4 Å². The predicted molar refractivity (Wildman–Crippen MR) is 105 cm³/mol. The van der Waals surface area contributed by atoms with Crippen molar-refractivity contribution in [2.75, 3.05) is 38.1 Å². The molecule has 3 amide bonds. The average Bonchev–Trinajstić information content (AvgIpc) is 3.04. The molecule has 0 radical (unpaired) electrons. The lowest BCUT2D eigenvalue weighted by Gasteiger charge is -2.35. The Kier molecular flexibility index (Phi) is 6.55. The molecule has 0 unspecified atom stereocenters. The highest BCUT2D eigenvalue weighted by molar-refractivity contribution is 5.89. The summed E-state index contributed by atoms with van der Waals surface area (Å²) in [6.07, 6.45) is 2.24. The number of nitrogens with one attached hydrogen (secondary N) is 2. The smallest absolute Gasteiger partial charge is 0.410 e. The molecule has 0 aromatic heterocycles. The zero-order chi connectivity index (χ0) is 19.2. The van der Waals surface area contributed by atoms with Crippen LogP contribution in [-0.2, 0) is 11.3 Å². The number of nitrogens with zero attached hydrogens (tertiary/aromatic N) is 2. The Hall–Kier alpha value is -2.28. The van der Waals surface area contributed by atoms with Crippen molar-refractivity contribution >= 4 is 17.8 Å². The van der Waals surface area contributed by atoms with E-state index in [0.29, 0.717) is 32.3 Å². The summed E-state index contributed by atoms with van der Waals surface area (Å²) in [6.45, 7) is 8.80. The van der Waals surface area contributed by atoms with E-state index in [-0.39, 0.29) is 12.1 Å². The van der Waals surface area contributed by atoms with Crippen molar-refractivity contribution < 1.29 is 14.3 Å². The maximum Gasteiger partial charge on any atom is 0.410 e. The van der Waals surface area contributed by atoms with E-state index >= 15 is 0 Å². The molecule has 148 valence electrons. The van der Waals surface area contributed by atoms with Gasteiger partial charge in [-0.25, -0.2) is 9.59 Å². The maximum atomic E-state index is 12.2. The van der Waals surface area contributed by atoms with Gasteiger partial charge in [-0.15, -0.1) is 0 Å². The van der Waals surface area contributed by atoms with Crippen LogP contribution in [0.1, 0.15) is 32.3 Å². The number of anilines is 1. The van der Waals surface area contributed by atoms with Gasteiger partial charge in [-0.1, -0.05) is 19.1 Å². The summed E-state index contributed by atoms with van der Waals surface area (Å²) in [6, 6.07) is 7.68. The normalized spacial score (nSPS) is 21.6. The van der Waals surface area contributed by atoms with Crippen LogP contribution in [-0.4, -0.2) is 60.8 Å². The van der Waals surface area contributed by atoms with Gasteiger partial charge in [-0.2, -0.15) is 0 Å². The van der Waals surface area contributed by atoms with Gasteiger partial charge in [0.25, 0.3) is 0 Å². The second-order valence-corrected chi connectivity index (χ2v) is 7.66. The Balaban J connectivity index is 1.46. The molecule has 7 nitrogen and oxygen atoms in total. The quantitative estimate of drug-likeness (QED) is 0.803. The van der Waals surface area contributed by atoms with Crippen LogP contribution >= 0.6 is 0 Å². The molecular formula is C20H30N4O3. The number of amides is 3. The Labute approximate surface area is 161 Å². The predicted octanol–water partition coefficient (Wildman–Crippen LogP) is 2.88. The molecule has 2 N–H and O–H groups in total. The number of ether oxygens (including phenoxy) is 1. The van der Waals surface area contributed by atoms with E-state index in [1.165, 1.54) is 12.8 Å². The van der Waals surface area contributed by atoms with E-state index in [1.54, 1.807) is 4.90 Å². The summed E-state index contributed by atoms with van der Waals surface area (Å²) in [4.78, 5) is 27.9. The standard InChI is InChI=1S/C20H30N4O3/c1-15-5-4-8-23(13-15)16(2)12-21-19(25)22-18-7-3-6-17(11-18)14-24-9-10-27-20(24)26/h3,6-7,11,15-16H,4-5,8-10,12-14H2,1-2H3,(H2,21,22,25)/t15-,16-/m0/s1. The number of cyclic esters (lactones) is 1. The average molecular weight is 374 g/mol. The molecule has 1 aromatic rings. The zero-order valence-corrected chi connectivity index (χ0v) is 16.2. The van der Waals surface area contributed by atoms with Crippen molar-refractivity contribution in [1.82, 2.24) is 15.1 Å². The second kappa shape index (κ2) is 9.08. The lowest BCUT2D eigenvalue weighted by atomic mass is 9.99. The maximum absolute atomic E-state index is 12.2. The molecule has 1 aromatic carbocycles. The van der Waals surface area contributed by atoms with E-state index in [2.05, 4.69) is 29.4 Å². The van der Waals surface area contributed by atoms with Crippen molar-refractivity contribution in [2.24, 2.45) is 5.92 Å². The van der Waals surface area contributed by atoms with Crippen molar-refractivity contribution in [3.63, 3.8) is 0 Å². The van der Waals surface area contributed by atoms with E-state index in [9.17, 15) is 9.59 Å². The number of rotatable bonds is 6. The van der Waals surface area contributed by atoms with Crippen LogP contribution in [0.3, 0.4) is 0 Å². The van der Waals surface area contributed by atoms with Gasteiger partial charge < -0.3 is 20.3 Å². The monoisotopic (exact) mass is 374 g/mol. The largest absolute Gasteiger partial charge is 0.448 e. The molecule has 2 heterocycles. The summed E-state index contributed by atoms with van der Waals surface area (Å²) in [7, 11) is 0. The summed E-state index contributed by atoms with van der Waals surface area (Å²) < 4.78 is 4.95. The minimum absolute atomic E-state index is 0.204. The molecule has 0 spiro atoms. The van der Waals surface area contributed by atoms with Gasteiger partial charge in [0.1, 0.15) is 6.61 Å². The van der Waals surface area contributed by atoms with Crippen molar-refractivity contribution in [3.05, 3.63) is 29.8 Å². The number of urea groups is 1. The van der Waals surface area contributed by atoms with Gasteiger partial charge in [0.2, 0.25) is 0 Å². The van der Waals surface area contributed by atoms with E-state index in [4.69, 9.17) is 4.74 Å². The van der Waals surface area contributed by atoms with E-state index in [1.807, 2.05) is 24.3 Å². The van der Waals surface area contributed by atoms with Crippen LogP contribution in [0.15, 0.2) is 24.3 Å². The molecule has 0 aliphatic carbocycles. The number of hydrogen-bond acceptors (Lipinski definition) is 4. The van der Waals surface area contributed by atoms with Gasteiger partial charge in [0.05, 0.1) is 6.54 Å². The number of hydrogen-bond donors (Lipinski definition) is 2. The van der Waals surface area contributed by atoms with Gasteiger partial charge in [-0.3, -0.25) is 4.90 Å². The molecule has 2 aliphatic rings. The lowest BCUT2D eigenvalue weighted by Crippen LogP contribution is -2.47. The third kappa shape index (κ3) is 5.60. The highest BCUT2D eigenvalue weighted by atomic mass is 16.6. The molecule has 2 atom stereocenters. The Morgan fingerprint density at radius 1 is 1.37 bits per heavy atom. The van der Waals surface area contributed by atoms with Gasteiger partial charge in [0.15, 0.2) is 0 Å². The summed E-state index contributed by atoms with van der Waals surface area (Å²) in [5.74, 6) is 0.727. The molecule has 0 saturated carbocycles. The molecule has 3 rings (SSSR count). The van der Waals surface area contributed by atoms with Crippen molar-refractivity contribution in [3.8, 4) is 0 Å². The number of carbonyl (C=O) groups excluding carboxylic acids is 2. The van der Waals surface area contributed by atoms with E-state index in [0.717, 1.165) is 30.3 Å². The highest BCUT2D eigenvalue weighted by Gasteiger charge is 2.22. The number of piperidine rings is 1. The summed E-state index contributed by atoms with van der Waals surface area (Å²) >= 11 is 0. The van der Waals surface area contributed by atoms with Gasteiger partial charge in [-0.05, 0) is 49.9 Å². The van der Waals surface area contributed by atoms with Crippen LogP contribution < -0.4 is 10.6 Å². The van der Waals surface area contributed by atoms with E-state index < -0.39 is 0 Å². The molecular weight excluding hydrogens is 344 g/mol.